The molecule has 1 saturated carbocycles. The van der Waals surface area contributed by atoms with E-state index in [2.05, 4.69) is 10.6 Å². The van der Waals surface area contributed by atoms with Crippen LogP contribution in [0.15, 0.2) is 12.1 Å². The van der Waals surface area contributed by atoms with Gasteiger partial charge in [0.1, 0.15) is 5.82 Å². The Bertz CT molecular complexity index is 575. The van der Waals surface area contributed by atoms with Crippen LogP contribution in [0, 0.1) is 11.2 Å². The molecule has 1 aromatic rings. The molecule has 1 heterocycles. The van der Waals surface area contributed by atoms with Crippen molar-refractivity contribution in [1.82, 2.24) is 10.6 Å². The first-order valence-electron chi connectivity index (χ1n) is 7.14. The number of carbonyl (C=O) groups is 1. The van der Waals surface area contributed by atoms with Crippen LogP contribution in [0.1, 0.15) is 31.2 Å². The molecule has 6 heteroatoms. The summed E-state index contributed by atoms with van der Waals surface area (Å²) in [4.78, 5) is 11.6. The molecule has 3 nitrogen and oxygen atoms in total. The normalized spacial score (nSPS) is 23.8. The van der Waals surface area contributed by atoms with Gasteiger partial charge in [0.15, 0.2) is 0 Å². The molecular weight excluding hydrogens is 314 g/mol. The van der Waals surface area contributed by atoms with Crippen LogP contribution >= 0.6 is 23.2 Å². The fourth-order valence-corrected chi connectivity index (χ4v) is 3.72. The largest absolute Gasteiger partial charge is 0.354 e. The Morgan fingerprint density at radius 1 is 1.33 bits per heavy atom. The summed E-state index contributed by atoms with van der Waals surface area (Å²) < 4.78 is 13.3. The van der Waals surface area contributed by atoms with E-state index in [1.165, 1.54) is 12.5 Å². The fraction of sp³-hybridized carbons (Fsp3) is 0.533. The topological polar surface area (TPSA) is 41.1 Å². The summed E-state index contributed by atoms with van der Waals surface area (Å²) >= 11 is 11.9. The van der Waals surface area contributed by atoms with E-state index in [0.29, 0.717) is 19.5 Å². The van der Waals surface area contributed by atoms with Crippen molar-refractivity contribution in [1.29, 1.82) is 0 Å². The molecule has 1 unspecified atom stereocenters. The van der Waals surface area contributed by atoms with E-state index in [1.54, 1.807) is 6.07 Å². The minimum atomic E-state index is -0.509. The lowest BCUT2D eigenvalue weighted by molar-refractivity contribution is -0.129. The third-order valence-corrected chi connectivity index (χ3v) is 5.66. The van der Waals surface area contributed by atoms with E-state index in [1.807, 2.05) is 0 Å². The van der Waals surface area contributed by atoms with Crippen LogP contribution in [0.2, 0.25) is 10.0 Å². The molecule has 114 valence electrons. The summed E-state index contributed by atoms with van der Waals surface area (Å²) in [7, 11) is 0. The highest BCUT2D eigenvalue weighted by Crippen LogP contribution is 2.48. The first-order chi connectivity index (χ1) is 10.0. The van der Waals surface area contributed by atoms with Crippen LogP contribution in [-0.4, -0.2) is 18.5 Å². The number of halogens is 3. The van der Waals surface area contributed by atoms with Crippen molar-refractivity contribution >= 4 is 29.1 Å². The molecule has 1 aliphatic carbocycles. The van der Waals surface area contributed by atoms with Crippen molar-refractivity contribution in [3.05, 3.63) is 33.6 Å². The summed E-state index contributed by atoms with van der Waals surface area (Å²) in [6.07, 6.45) is 3.92. The van der Waals surface area contributed by atoms with Gasteiger partial charge in [-0.05, 0) is 29.9 Å². The number of carbonyl (C=O) groups excluding carboxylic acids is 1. The summed E-state index contributed by atoms with van der Waals surface area (Å²) in [5, 5.41) is 6.59. The van der Waals surface area contributed by atoms with Gasteiger partial charge in [-0.15, -0.1) is 0 Å². The lowest BCUT2D eigenvalue weighted by Gasteiger charge is -2.50. The van der Waals surface area contributed by atoms with E-state index in [-0.39, 0.29) is 27.4 Å². The fourth-order valence-electron chi connectivity index (χ4n) is 3.32. The van der Waals surface area contributed by atoms with Gasteiger partial charge in [-0.1, -0.05) is 35.7 Å². The third kappa shape index (κ3) is 2.77. The molecule has 3 rings (SSSR count). The third-order valence-electron chi connectivity index (χ3n) is 4.76. The lowest BCUT2D eigenvalue weighted by Crippen LogP contribution is -2.60. The van der Waals surface area contributed by atoms with Gasteiger partial charge >= 0.3 is 0 Å². The highest BCUT2D eigenvalue weighted by molar-refractivity contribution is 6.42. The van der Waals surface area contributed by atoms with Crippen molar-refractivity contribution in [2.45, 2.75) is 38.3 Å². The Balaban J connectivity index is 1.70. The van der Waals surface area contributed by atoms with Crippen LogP contribution in [-0.2, 0) is 11.3 Å². The standard InChI is InChI=1S/C15H17Cl2FN2O/c16-13-9(2-3-10(18)14(13)17)7-19-11-8-20-12(21)6-15(11)4-1-5-15/h2-3,11,19H,1,4-8H2,(H,20,21). The van der Waals surface area contributed by atoms with Crippen molar-refractivity contribution in [3.63, 3.8) is 0 Å². The average Bonchev–Trinajstić information content (AvgIpc) is 2.43. The molecule has 1 saturated heterocycles. The summed E-state index contributed by atoms with van der Waals surface area (Å²) in [5.74, 6) is -0.374. The van der Waals surface area contributed by atoms with Crippen LogP contribution < -0.4 is 10.6 Å². The number of hydrogen-bond donors (Lipinski definition) is 2. The van der Waals surface area contributed by atoms with Crippen LogP contribution in [0.3, 0.4) is 0 Å². The molecule has 0 aromatic heterocycles. The van der Waals surface area contributed by atoms with Crippen LogP contribution in [0.4, 0.5) is 4.39 Å². The molecule has 1 spiro atoms. The van der Waals surface area contributed by atoms with Gasteiger partial charge in [-0.25, -0.2) is 4.39 Å². The molecule has 0 radical (unpaired) electrons. The number of piperidine rings is 1. The highest BCUT2D eigenvalue weighted by atomic mass is 35.5. The van der Waals surface area contributed by atoms with E-state index >= 15 is 0 Å². The quantitative estimate of drug-likeness (QED) is 0.835. The lowest BCUT2D eigenvalue weighted by atomic mass is 9.60. The second-order valence-electron chi connectivity index (χ2n) is 5.96. The summed E-state index contributed by atoms with van der Waals surface area (Å²) in [6, 6.07) is 3.20. The summed E-state index contributed by atoms with van der Waals surface area (Å²) in [6.45, 7) is 1.15. The Labute approximate surface area is 133 Å². The Hall–Kier alpha value is -0.840. The van der Waals surface area contributed by atoms with Gasteiger partial charge in [0.05, 0.1) is 10.0 Å². The van der Waals surface area contributed by atoms with Crippen molar-refractivity contribution in [2.24, 2.45) is 5.41 Å². The first-order valence-corrected chi connectivity index (χ1v) is 7.90. The molecule has 21 heavy (non-hydrogen) atoms. The maximum atomic E-state index is 13.3. The highest BCUT2D eigenvalue weighted by Gasteiger charge is 2.47. The minimum absolute atomic E-state index is 0.0359. The number of amides is 1. The second-order valence-corrected chi connectivity index (χ2v) is 6.72. The van der Waals surface area contributed by atoms with Gasteiger partial charge in [0.25, 0.3) is 0 Å². The Kier molecular flexibility index (Phi) is 4.12. The van der Waals surface area contributed by atoms with E-state index < -0.39 is 5.82 Å². The Morgan fingerprint density at radius 3 is 2.76 bits per heavy atom. The molecule has 1 amide bonds. The maximum absolute atomic E-state index is 13.3. The molecule has 1 aromatic carbocycles. The smallest absolute Gasteiger partial charge is 0.220 e. The van der Waals surface area contributed by atoms with E-state index in [4.69, 9.17) is 23.2 Å². The molecule has 2 fully saturated rings. The van der Waals surface area contributed by atoms with Crippen LogP contribution in [0.5, 0.6) is 0 Å². The maximum Gasteiger partial charge on any atom is 0.220 e. The monoisotopic (exact) mass is 330 g/mol. The molecular formula is C15H17Cl2FN2O. The molecule has 1 atom stereocenters. The molecule has 0 bridgehead atoms. The van der Waals surface area contributed by atoms with Crippen molar-refractivity contribution in [2.75, 3.05) is 6.54 Å². The number of hydrogen-bond acceptors (Lipinski definition) is 2. The van der Waals surface area contributed by atoms with Gasteiger partial charge in [-0.2, -0.15) is 0 Å². The van der Waals surface area contributed by atoms with Crippen molar-refractivity contribution in [3.8, 4) is 0 Å². The van der Waals surface area contributed by atoms with Gasteiger partial charge in [0.2, 0.25) is 5.91 Å². The van der Waals surface area contributed by atoms with Crippen molar-refractivity contribution < 1.29 is 9.18 Å². The second kappa shape index (κ2) is 5.75. The predicted molar refractivity (Wildman–Crippen MR) is 81.0 cm³/mol. The van der Waals surface area contributed by atoms with Gasteiger partial charge in [0, 0.05) is 25.6 Å². The zero-order valence-electron chi connectivity index (χ0n) is 11.5. The van der Waals surface area contributed by atoms with Gasteiger partial charge in [-0.3, -0.25) is 4.79 Å². The first kappa shape index (κ1) is 15.1. The zero-order chi connectivity index (χ0) is 15.0. The number of benzene rings is 1. The predicted octanol–water partition coefficient (Wildman–Crippen LogP) is 3.28. The van der Waals surface area contributed by atoms with Crippen LogP contribution in [0.25, 0.3) is 0 Å². The van der Waals surface area contributed by atoms with E-state index in [0.717, 1.165) is 18.4 Å². The molecule has 2 aliphatic rings. The molecule has 1 aliphatic heterocycles. The minimum Gasteiger partial charge on any atom is -0.354 e. The average molecular weight is 331 g/mol. The molecule has 2 N–H and O–H groups in total. The number of nitrogens with one attached hydrogen (secondary N) is 2. The van der Waals surface area contributed by atoms with Gasteiger partial charge < -0.3 is 10.6 Å². The van der Waals surface area contributed by atoms with E-state index in [9.17, 15) is 9.18 Å². The number of rotatable bonds is 3. The Morgan fingerprint density at radius 2 is 2.10 bits per heavy atom. The SMILES string of the molecule is O=C1CC2(CCC2)C(NCc2ccc(F)c(Cl)c2Cl)CN1. The zero-order valence-corrected chi connectivity index (χ0v) is 13.0. The summed E-state index contributed by atoms with van der Waals surface area (Å²) in [5.41, 5.74) is 0.855.